The quantitative estimate of drug-likeness (QED) is 0.902. The average molecular weight is 338 g/mol. The van der Waals surface area contributed by atoms with Crippen LogP contribution in [0.25, 0.3) is 10.2 Å². The van der Waals surface area contributed by atoms with Crippen LogP contribution in [0, 0.1) is 5.41 Å². The summed E-state index contributed by atoms with van der Waals surface area (Å²) in [6, 6.07) is 7.29. The molecule has 120 valence electrons. The topological polar surface area (TPSA) is 28.2 Å². The fraction of sp³-hybridized carbons (Fsp3) is 0.588. The normalized spacial score (nSPS) is 22.8. The lowest BCUT2D eigenvalue weighted by Gasteiger charge is -2.41. The van der Waals surface area contributed by atoms with Crippen molar-refractivity contribution in [3.8, 4) is 0 Å². The summed E-state index contributed by atoms with van der Waals surface area (Å²) >= 11 is 1.72. The van der Waals surface area contributed by atoms with Gasteiger partial charge in [-0.2, -0.15) is 0 Å². The molecule has 0 amide bonds. The van der Waals surface area contributed by atoms with Gasteiger partial charge in [-0.15, -0.1) is 23.7 Å². The first-order chi connectivity index (χ1) is 10.3. The second-order valence-corrected chi connectivity index (χ2v) is 7.60. The third-order valence-electron chi connectivity index (χ3n) is 5.58. The third kappa shape index (κ3) is 2.90. The zero-order valence-corrected chi connectivity index (χ0v) is 14.7. The largest absolute Gasteiger partial charge is 0.316 e. The zero-order valence-electron chi connectivity index (χ0n) is 13.0. The molecule has 0 bridgehead atoms. The number of benzene rings is 1. The number of hydrogen-bond acceptors (Lipinski definition) is 4. The molecule has 1 aromatic carbocycles. The van der Waals surface area contributed by atoms with Gasteiger partial charge in [-0.05, 0) is 68.9 Å². The molecule has 1 aromatic heterocycles. The first kappa shape index (κ1) is 16.2. The minimum atomic E-state index is 0. The van der Waals surface area contributed by atoms with Crippen LogP contribution in [0.15, 0.2) is 23.7 Å². The van der Waals surface area contributed by atoms with E-state index in [9.17, 15) is 0 Å². The molecule has 1 unspecified atom stereocenters. The van der Waals surface area contributed by atoms with E-state index in [1.165, 1.54) is 55.7 Å². The Balaban J connectivity index is 0.00000144. The van der Waals surface area contributed by atoms with Crippen molar-refractivity contribution in [2.24, 2.45) is 5.41 Å². The number of fused-ring (bicyclic) bond motifs is 1. The molecular weight excluding hydrogens is 314 g/mol. The molecule has 2 saturated heterocycles. The summed E-state index contributed by atoms with van der Waals surface area (Å²) in [4.78, 5) is 7.11. The summed E-state index contributed by atoms with van der Waals surface area (Å²) in [5.74, 6) is 0. The smallest absolute Gasteiger partial charge is 0.0815 e. The molecule has 2 fully saturated rings. The number of rotatable bonds is 2. The lowest BCUT2D eigenvalue weighted by atomic mass is 9.77. The monoisotopic (exact) mass is 337 g/mol. The van der Waals surface area contributed by atoms with Crippen molar-refractivity contribution in [1.29, 1.82) is 0 Å². The fourth-order valence-corrected chi connectivity index (χ4v) is 4.61. The van der Waals surface area contributed by atoms with Crippen LogP contribution in [0.2, 0.25) is 0 Å². The number of nitrogens with zero attached hydrogens (tertiary/aromatic N) is 2. The van der Waals surface area contributed by atoms with Gasteiger partial charge in [-0.3, -0.25) is 4.90 Å². The highest BCUT2D eigenvalue weighted by Crippen LogP contribution is 2.39. The van der Waals surface area contributed by atoms with E-state index in [1.807, 2.05) is 5.51 Å². The molecule has 2 aliphatic heterocycles. The maximum Gasteiger partial charge on any atom is 0.0815 e. The van der Waals surface area contributed by atoms with Crippen molar-refractivity contribution < 1.29 is 0 Å². The van der Waals surface area contributed by atoms with Crippen molar-refractivity contribution in [2.45, 2.75) is 32.2 Å². The van der Waals surface area contributed by atoms with Crippen LogP contribution in [0.5, 0.6) is 0 Å². The Kier molecular flexibility index (Phi) is 4.74. The Morgan fingerprint density at radius 1 is 1.27 bits per heavy atom. The second-order valence-electron chi connectivity index (χ2n) is 6.72. The summed E-state index contributed by atoms with van der Waals surface area (Å²) < 4.78 is 1.29. The number of nitrogens with one attached hydrogen (secondary N) is 1. The first-order valence-corrected chi connectivity index (χ1v) is 8.92. The summed E-state index contributed by atoms with van der Waals surface area (Å²) in [6.07, 6.45) is 4.08. The van der Waals surface area contributed by atoms with E-state index in [4.69, 9.17) is 0 Å². The van der Waals surface area contributed by atoms with Crippen molar-refractivity contribution in [3.05, 3.63) is 29.3 Å². The number of hydrogen-bond donors (Lipinski definition) is 1. The van der Waals surface area contributed by atoms with E-state index in [1.54, 1.807) is 11.3 Å². The third-order valence-corrected chi connectivity index (χ3v) is 6.39. The highest BCUT2D eigenvalue weighted by atomic mass is 35.5. The predicted molar refractivity (Wildman–Crippen MR) is 96.0 cm³/mol. The van der Waals surface area contributed by atoms with Crippen LogP contribution in [-0.2, 0) is 0 Å². The molecule has 22 heavy (non-hydrogen) atoms. The van der Waals surface area contributed by atoms with E-state index in [2.05, 4.69) is 40.3 Å². The van der Waals surface area contributed by atoms with Crippen LogP contribution < -0.4 is 5.32 Å². The molecule has 3 nitrogen and oxygen atoms in total. The summed E-state index contributed by atoms with van der Waals surface area (Å²) in [5.41, 5.74) is 5.11. The molecular formula is C17H24ClN3S. The molecule has 4 rings (SSSR count). The summed E-state index contributed by atoms with van der Waals surface area (Å²) in [5, 5.41) is 3.55. The van der Waals surface area contributed by atoms with Gasteiger partial charge >= 0.3 is 0 Å². The molecule has 5 heteroatoms. The summed E-state index contributed by atoms with van der Waals surface area (Å²) in [7, 11) is 0. The van der Waals surface area contributed by atoms with Gasteiger partial charge < -0.3 is 5.32 Å². The maximum atomic E-state index is 4.46. The number of thiazole rings is 1. The Morgan fingerprint density at radius 3 is 2.82 bits per heavy atom. The molecule has 0 saturated carbocycles. The molecule has 1 spiro atoms. The number of aromatic nitrogens is 1. The molecule has 2 aliphatic rings. The first-order valence-electron chi connectivity index (χ1n) is 8.04. The Morgan fingerprint density at radius 2 is 2.09 bits per heavy atom. The van der Waals surface area contributed by atoms with Crippen molar-refractivity contribution in [2.75, 3.05) is 26.2 Å². The minimum Gasteiger partial charge on any atom is -0.316 e. The van der Waals surface area contributed by atoms with Crippen LogP contribution in [0.1, 0.15) is 37.8 Å². The number of halogens is 1. The predicted octanol–water partition coefficient (Wildman–Crippen LogP) is 3.85. The van der Waals surface area contributed by atoms with Gasteiger partial charge in [0.25, 0.3) is 0 Å². The van der Waals surface area contributed by atoms with E-state index in [0.717, 1.165) is 5.52 Å². The van der Waals surface area contributed by atoms with Gasteiger partial charge in [0.1, 0.15) is 0 Å². The van der Waals surface area contributed by atoms with Crippen LogP contribution in [0.4, 0.5) is 0 Å². The Labute approximate surface area is 142 Å². The van der Waals surface area contributed by atoms with E-state index >= 15 is 0 Å². The standard InChI is InChI=1S/C17H23N3S.ClH/c1-13(14-2-3-16-15(10-14)19-12-21-16)20-8-5-17(6-9-20)4-7-18-11-17;/h2-3,10,12-13,18H,4-9,11H2,1H3;1H. The molecule has 2 aromatic rings. The lowest BCUT2D eigenvalue weighted by Crippen LogP contribution is -2.42. The number of piperidine rings is 1. The van der Waals surface area contributed by atoms with Crippen LogP contribution in [-0.4, -0.2) is 36.1 Å². The zero-order chi connectivity index (χ0) is 14.3. The van der Waals surface area contributed by atoms with Crippen LogP contribution in [0.3, 0.4) is 0 Å². The highest BCUT2D eigenvalue weighted by Gasteiger charge is 2.37. The van der Waals surface area contributed by atoms with Gasteiger partial charge in [0.2, 0.25) is 0 Å². The SMILES string of the molecule is CC(c1ccc2scnc2c1)N1CCC2(CCNC2)CC1.Cl. The van der Waals surface area contributed by atoms with Crippen molar-refractivity contribution >= 4 is 34.0 Å². The van der Waals surface area contributed by atoms with Gasteiger partial charge in [0, 0.05) is 12.6 Å². The fourth-order valence-electron chi connectivity index (χ4n) is 3.95. The van der Waals surface area contributed by atoms with E-state index in [0.29, 0.717) is 11.5 Å². The van der Waals surface area contributed by atoms with E-state index < -0.39 is 0 Å². The molecule has 0 aliphatic carbocycles. The highest BCUT2D eigenvalue weighted by molar-refractivity contribution is 7.16. The molecule has 1 N–H and O–H groups in total. The minimum absolute atomic E-state index is 0. The molecule has 0 radical (unpaired) electrons. The van der Waals surface area contributed by atoms with Gasteiger partial charge in [0.15, 0.2) is 0 Å². The molecule has 1 atom stereocenters. The summed E-state index contributed by atoms with van der Waals surface area (Å²) in [6.45, 7) is 7.27. The maximum absolute atomic E-state index is 4.46. The van der Waals surface area contributed by atoms with Gasteiger partial charge in [-0.25, -0.2) is 4.98 Å². The van der Waals surface area contributed by atoms with Gasteiger partial charge in [-0.1, -0.05) is 6.07 Å². The van der Waals surface area contributed by atoms with Crippen molar-refractivity contribution in [3.63, 3.8) is 0 Å². The lowest BCUT2D eigenvalue weighted by molar-refractivity contribution is 0.0897. The Bertz CT molecular complexity index is 626. The number of likely N-dealkylation sites (tertiary alicyclic amines) is 1. The average Bonchev–Trinajstić information content (AvgIpc) is 3.16. The van der Waals surface area contributed by atoms with Gasteiger partial charge in [0.05, 0.1) is 15.7 Å². The van der Waals surface area contributed by atoms with Crippen LogP contribution >= 0.6 is 23.7 Å². The molecule has 3 heterocycles. The Hall–Kier alpha value is -0.680. The van der Waals surface area contributed by atoms with E-state index in [-0.39, 0.29) is 12.4 Å². The van der Waals surface area contributed by atoms with Crippen molar-refractivity contribution in [1.82, 2.24) is 15.2 Å². The second kappa shape index (κ2) is 6.44.